The molecule has 0 amide bonds. The fourth-order valence-corrected chi connectivity index (χ4v) is 1.26. The molecule has 0 unspecified atom stereocenters. The molecule has 0 radical (unpaired) electrons. The number of ether oxygens (including phenoxy) is 1. The van der Waals surface area contributed by atoms with E-state index in [1.54, 1.807) is 12.1 Å². The van der Waals surface area contributed by atoms with Crippen molar-refractivity contribution in [1.82, 2.24) is 0 Å². The molecule has 0 N–H and O–H groups in total. The summed E-state index contributed by atoms with van der Waals surface area (Å²) in [7, 11) is 0. The third-order valence-electron chi connectivity index (χ3n) is 1.96. The highest BCUT2D eigenvalue weighted by Gasteiger charge is 2.05. The number of hydrogen-bond acceptors (Lipinski definition) is 4. The van der Waals surface area contributed by atoms with Crippen LogP contribution in [0.2, 0.25) is 0 Å². The van der Waals surface area contributed by atoms with Crippen LogP contribution in [-0.2, 0) is 11.4 Å². The summed E-state index contributed by atoms with van der Waals surface area (Å²) in [5, 5.41) is 12.7. The lowest BCUT2D eigenvalue weighted by molar-refractivity contribution is 0.127. The van der Waals surface area contributed by atoms with E-state index in [0.29, 0.717) is 24.5 Å². The van der Waals surface area contributed by atoms with E-state index in [4.69, 9.17) is 14.8 Å². The summed E-state index contributed by atoms with van der Waals surface area (Å²) in [5.41, 5.74) is 2.32. The Morgan fingerprint density at radius 1 is 1.41 bits per heavy atom. The average molecular weight is 232 g/mol. The average Bonchev–Trinajstić information content (AvgIpc) is 2.31. The summed E-state index contributed by atoms with van der Waals surface area (Å²) < 4.78 is 5.46. The molecule has 0 bridgehead atoms. The molecule has 0 saturated heterocycles. The molecule has 90 valence electrons. The van der Waals surface area contributed by atoms with Crippen molar-refractivity contribution in [2.75, 3.05) is 6.61 Å². The van der Waals surface area contributed by atoms with Gasteiger partial charge >= 0.3 is 0 Å². The first-order chi connectivity index (χ1) is 8.17. The number of oxime groups is 1. The van der Waals surface area contributed by atoms with Gasteiger partial charge in [-0.15, -0.1) is 0 Å². The molecule has 0 spiro atoms. The van der Waals surface area contributed by atoms with E-state index >= 15 is 0 Å². The van der Waals surface area contributed by atoms with Gasteiger partial charge in [0.15, 0.2) is 0 Å². The Bertz CT molecular complexity index is 443. The van der Waals surface area contributed by atoms with Crippen molar-refractivity contribution < 1.29 is 9.57 Å². The van der Waals surface area contributed by atoms with Crippen LogP contribution < -0.4 is 4.74 Å². The maximum absolute atomic E-state index is 8.81. The zero-order valence-corrected chi connectivity index (χ0v) is 10.4. The van der Waals surface area contributed by atoms with Crippen molar-refractivity contribution in [3.8, 4) is 11.8 Å². The second-order valence-corrected chi connectivity index (χ2v) is 3.68. The van der Waals surface area contributed by atoms with E-state index < -0.39 is 0 Å². The molecule has 0 aliphatic rings. The van der Waals surface area contributed by atoms with E-state index in [9.17, 15) is 0 Å². The molecule has 0 aliphatic carbocycles. The van der Waals surface area contributed by atoms with Gasteiger partial charge in [-0.2, -0.15) is 5.26 Å². The van der Waals surface area contributed by atoms with Gasteiger partial charge in [0.1, 0.15) is 12.4 Å². The summed E-state index contributed by atoms with van der Waals surface area (Å²) in [6, 6.07) is 7.36. The fraction of sp³-hybridized carbons (Fsp3) is 0.385. The first-order valence-electron chi connectivity index (χ1n) is 5.46. The fourth-order valence-electron chi connectivity index (χ4n) is 1.26. The van der Waals surface area contributed by atoms with Gasteiger partial charge < -0.3 is 9.57 Å². The van der Waals surface area contributed by atoms with Crippen LogP contribution in [0.1, 0.15) is 31.9 Å². The lowest BCUT2D eigenvalue weighted by atomic mass is 10.1. The van der Waals surface area contributed by atoms with Gasteiger partial charge in [0.2, 0.25) is 0 Å². The van der Waals surface area contributed by atoms with E-state index in [2.05, 4.69) is 11.2 Å². The Kier molecular flexibility index (Phi) is 5.02. The van der Waals surface area contributed by atoms with Crippen molar-refractivity contribution in [3.63, 3.8) is 0 Å². The predicted molar refractivity (Wildman–Crippen MR) is 65.9 cm³/mol. The molecule has 4 heteroatoms. The van der Waals surface area contributed by atoms with Crippen LogP contribution in [0, 0.1) is 11.3 Å². The molecule has 0 atom stereocenters. The summed E-state index contributed by atoms with van der Waals surface area (Å²) in [4.78, 5) is 5.17. The molecule has 1 rings (SSSR count). The van der Waals surface area contributed by atoms with Crippen LogP contribution in [0.3, 0.4) is 0 Å². The van der Waals surface area contributed by atoms with Crippen LogP contribution >= 0.6 is 0 Å². The van der Waals surface area contributed by atoms with Gasteiger partial charge in [0, 0.05) is 5.56 Å². The SMILES string of the molecule is CCOc1cc(C#N)ccc1CON=C(C)C. The standard InChI is InChI=1S/C13H16N2O2/c1-4-16-13-7-11(8-14)5-6-12(13)9-17-15-10(2)3/h5-7H,4,9H2,1-3H3. The summed E-state index contributed by atoms with van der Waals surface area (Å²) >= 11 is 0. The molecule has 0 aliphatic heterocycles. The Hall–Kier alpha value is -2.02. The van der Waals surface area contributed by atoms with Crippen LogP contribution in [0.4, 0.5) is 0 Å². The van der Waals surface area contributed by atoms with E-state index in [-0.39, 0.29) is 0 Å². The molecule has 4 nitrogen and oxygen atoms in total. The zero-order valence-electron chi connectivity index (χ0n) is 10.4. The highest BCUT2D eigenvalue weighted by molar-refractivity contribution is 5.78. The van der Waals surface area contributed by atoms with Crippen LogP contribution in [0.25, 0.3) is 0 Å². The number of rotatable bonds is 5. The minimum absolute atomic E-state index is 0.340. The van der Waals surface area contributed by atoms with Crippen LogP contribution in [0.15, 0.2) is 23.4 Å². The Balaban J connectivity index is 2.83. The summed E-state index contributed by atoms with van der Waals surface area (Å²) in [6.45, 7) is 6.52. The van der Waals surface area contributed by atoms with Crippen LogP contribution in [-0.4, -0.2) is 12.3 Å². The van der Waals surface area contributed by atoms with E-state index in [1.807, 2.05) is 26.8 Å². The number of nitrogens with zero attached hydrogens (tertiary/aromatic N) is 2. The quantitative estimate of drug-likeness (QED) is 0.579. The van der Waals surface area contributed by atoms with Crippen molar-refractivity contribution in [2.24, 2.45) is 5.16 Å². The van der Waals surface area contributed by atoms with Gasteiger partial charge in [-0.05, 0) is 32.9 Å². The van der Waals surface area contributed by atoms with Gasteiger partial charge in [-0.3, -0.25) is 0 Å². The van der Waals surface area contributed by atoms with Crippen molar-refractivity contribution in [2.45, 2.75) is 27.4 Å². The number of benzene rings is 1. The Morgan fingerprint density at radius 3 is 2.76 bits per heavy atom. The zero-order chi connectivity index (χ0) is 12.7. The second-order valence-electron chi connectivity index (χ2n) is 3.68. The molecule has 1 aromatic rings. The molecule has 0 heterocycles. The summed E-state index contributed by atoms with van der Waals surface area (Å²) in [6.07, 6.45) is 0. The molecule has 0 saturated carbocycles. The number of nitriles is 1. The van der Waals surface area contributed by atoms with Gasteiger partial charge in [-0.25, -0.2) is 0 Å². The first-order valence-corrected chi connectivity index (χ1v) is 5.46. The molecule has 0 aromatic heterocycles. The maximum atomic E-state index is 8.81. The molecular formula is C13H16N2O2. The van der Waals surface area contributed by atoms with Gasteiger partial charge in [-0.1, -0.05) is 11.2 Å². The smallest absolute Gasteiger partial charge is 0.145 e. The lowest BCUT2D eigenvalue weighted by Gasteiger charge is -2.09. The molecule has 17 heavy (non-hydrogen) atoms. The van der Waals surface area contributed by atoms with Crippen molar-refractivity contribution in [1.29, 1.82) is 5.26 Å². The minimum Gasteiger partial charge on any atom is -0.493 e. The maximum Gasteiger partial charge on any atom is 0.145 e. The van der Waals surface area contributed by atoms with E-state index in [0.717, 1.165) is 11.3 Å². The molecule has 0 fully saturated rings. The topological polar surface area (TPSA) is 54.6 Å². The minimum atomic E-state index is 0.340. The third-order valence-corrected chi connectivity index (χ3v) is 1.96. The van der Waals surface area contributed by atoms with Gasteiger partial charge in [0.05, 0.1) is 24.0 Å². The lowest BCUT2D eigenvalue weighted by Crippen LogP contribution is -1.98. The highest BCUT2D eigenvalue weighted by Crippen LogP contribution is 2.21. The Labute approximate surface area is 101 Å². The summed E-state index contributed by atoms with van der Waals surface area (Å²) in [5.74, 6) is 0.676. The second kappa shape index (κ2) is 6.54. The largest absolute Gasteiger partial charge is 0.493 e. The van der Waals surface area contributed by atoms with Crippen LogP contribution in [0.5, 0.6) is 5.75 Å². The monoisotopic (exact) mass is 232 g/mol. The van der Waals surface area contributed by atoms with Crippen molar-refractivity contribution in [3.05, 3.63) is 29.3 Å². The highest BCUT2D eigenvalue weighted by atomic mass is 16.6. The normalized spacial score (nSPS) is 9.29. The van der Waals surface area contributed by atoms with E-state index in [1.165, 1.54) is 0 Å². The molecule has 1 aromatic carbocycles. The third kappa shape index (κ3) is 4.15. The molecular weight excluding hydrogens is 216 g/mol. The Morgan fingerprint density at radius 2 is 2.18 bits per heavy atom. The first kappa shape index (κ1) is 13.0. The number of hydrogen-bond donors (Lipinski definition) is 0. The van der Waals surface area contributed by atoms with Crippen molar-refractivity contribution >= 4 is 5.71 Å². The predicted octanol–water partition coefficient (Wildman–Crippen LogP) is 2.87. The van der Waals surface area contributed by atoms with Gasteiger partial charge in [0.25, 0.3) is 0 Å².